The molecule has 1 heterocycles. The molecule has 4 aromatic rings. The first-order valence-electron chi connectivity index (χ1n) is 8.18. The quantitative estimate of drug-likeness (QED) is 0.340. The smallest absolute Gasteiger partial charge is 0.416 e. The van der Waals surface area contributed by atoms with Crippen LogP contribution in [0.2, 0.25) is 0 Å². The Morgan fingerprint density at radius 1 is 0.889 bits per heavy atom. The Morgan fingerprint density at radius 3 is 2.48 bits per heavy atom. The van der Waals surface area contributed by atoms with Crippen LogP contribution in [0.4, 0.5) is 13.2 Å². The molecule has 0 spiro atoms. The van der Waals surface area contributed by atoms with Crippen LogP contribution in [0.1, 0.15) is 11.1 Å². The third kappa shape index (κ3) is 3.51. The lowest BCUT2D eigenvalue weighted by atomic mass is 10.1. The van der Waals surface area contributed by atoms with Crippen LogP contribution in [0, 0.1) is 0 Å². The van der Waals surface area contributed by atoms with Gasteiger partial charge in [0.05, 0.1) is 12.0 Å². The van der Waals surface area contributed by atoms with Gasteiger partial charge in [0.1, 0.15) is 16.9 Å². The number of esters is 1. The zero-order valence-corrected chi connectivity index (χ0v) is 13.9. The van der Waals surface area contributed by atoms with Gasteiger partial charge in [0, 0.05) is 10.8 Å². The molecule has 0 fully saturated rings. The van der Waals surface area contributed by atoms with Gasteiger partial charge in [0.25, 0.3) is 0 Å². The van der Waals surface area contributed by atoms with Gasteiger partial charge in [-0.25, -0.2) is 0 Å². The van der Waals surface area contributed by atoms with E-state index in [-0.39, 0.29) is 12.0 Å². The number of carbonyl (C=O) groups excluding carboxylic acids is 1. The molecular formula is C21H13F3O3. The number of rotatable bonds is 3. The van der Waals surface area contributed by atoms with Crippen molar-refractivity contribution in [2.45, 2.75) is 12.6 Å². The fourth-order valence-corrected chi connectivity index (χ4v) is 2.96. The molecule has 0 aliphatic rings. The number of para-hydroxylation sites is 1. The molecule has 0 aliphatic carbocycles. The van der Waals surface area contributed by atoms with E-state index in [1.165, 1.54) is 12.1 Å². The van der Waals surface area contributed by atoms with Gasteiger partial charge in [-0.15, -0.1) is 0 Å². The van der Waals surface area contributed by atoms with Crippen molar-refractivity contribution in [2.75, 3.05) is 0 Å². The van der Waals surface area contributed by atoms with Crippen molar-refractivity contribution >= 4 is 27.9 Å². The van der Waals surface area contributed by atoms with Gasteiger partial charge in [-0.05, 0) is 35.9 Å². The van der Waals surface area contributed by atoms with Gasteiger partial charge >= 0.3 is 12.1 Å². The summed E-state index contributed by atoms with van der Waals surface area (Å²) < 4.78 is 49.3. The van der Waals surface area contributed by atoms with Crippen molar-refractivity contribution in [2.24, 2.45) is 0 Å². The number of ether oxygens (including phenoxy) is 1. The molecule has 3 aromatic carbocycles. The zero-order valence-electron chi connectivity index (χ0n) is 13.9. The largest absolute Gasteiger partial charge is 0.456 e. The second kappa shape index (κ2) is 6.46. The Hall–Kier alpha value is -3.28. The molecule has 3 nitrogen and oxygen atoms in total. The minimum absolute atomic E-state index is 0.240. The molecule has 136 valence electrons. The topological polar surface area (TPSA) is 39.4 Å². The van der Waals surface area contributed by atoms with Crippen molar-refractivity contribution < 1.29 is 27.1 Å². The van der Waals surface area contributed by atoms with Crippen LogP contribution in [-0.2, 0) is 17.4 Å². The predicted octanol–water partition coefficient (Wildman–Crippen LogP) is 5.75. The highest BCUT2D eigenvalue weighted by Gasteiger charge is 2.30. The maximum absolute atomic E-state index is 12.8. The summed E-state index contributed by atoms with van der Waals surface area (Å²) >= 11 is 0. The van der Waals surface area contributed by atoms with Crippen LogP contribution in [-0.4, -0.2) is 5.97 Å². The standard InChI is InChI=1S/C21H13F3O3/c22-21(23,24)14-5-3-4-13(10-14)11-20(25)26-15-8-9-19-17(12-15)16-6-1-2-7-18(16)27-19/h1-10,12H,11H2. The number of carbonyl (C=O) groups is 1. The summed E-state index contributed by atoms with van der Waals surface area (Å²) in [5.74, 6) is -0.326. The van der Waals surface area contributed by atoms with Crippen LogP contribution in [0.25, 0.3) is 21.9 Å². The van der Waals surface area contributed by atoms with Gasteiger partial charge in [0.2, 0.25) is 0 Å². The first kappa shape index (κ1) is 17.1. The highest BCUT2D eigenvalue weighted by molar-refractivity contribution is 6.05. The predicted molar refractivity (Wildman–Crippen MR) is 94.5 cm³/mol. The Kier molecular flexibility index (Phi) is 4.11. The van der Waals surface area contributed by atoms with Crippen molar-refractivity contribution in [3.05, 3.63) is 77.9 Å². The minimum atomic E-state index is -4.45. The highest BCUT2D eigenvalue weighted by atomic mass is 19.4. The fraction of sp³-hybridized carbons (Fsp3) is 0.0952. The summed E-state index contributed by atoms with van der Waals surface area (Å²) in [6, 6.07) is 17.1. The van der Waals surface area contributed by atoms with Gasteiger partial charge < -0.3 is 9.15 Å². The molecular weight excluding hydrogens is 357 g/mol. The van der Waals surface area contributed by atoms with Gasteiger partial charge in [-0.3, -0.25) is 4.79 Å². The second-order valence-electron chi connectivity index (χ2n) is 6.11. The number of halogens is 3. The SMILES string of the molecule is O=C(Cc1cccc(C(F)(F)F)c1)Oc1ccc2oc3ccccc3c2c1. The Morgan fingerprint density at radius 2 is 1.67 bits per heavy atom. The maximum Gasteiger partial charge on any atom is 0.416 e. The summed E-state index contributed by atoms with van der Waals surface area (Å²) in [5.41, 5.74) is 0.831. The van der Waals surface area contributed by atoms with Crippen molar-refractivity contribution in [3.8, 4) is 5.75 Å². The maximum atomic E-state index is 12.8. The van der Waals surface area contributed by atoms with Crippen LogP contribution in [0.5, 0.6) is 5.75 Å². The van der Waals surface area contributed by atoms with Gasteiger partial charge in [0.15, 0.2) is 0 Å². The van der Waals surface area contributed by atoms with Gasteiger partial charge in [-0.1, -0.05) is 36.4 Å². The second-order valence-corrected chi connectivity index (χ2v) is 6.11. The molecule has 0 saturated carbocycles. The average molecular weight is 370 g/mol. The van der Waals surface area contributed by atoms with Crippen LogP contribution in [0.15, 0.2) is 71.1 Å². The third-order valence-corrected chi connectivity index (χ3v) is 4.18. The number of hydrogen-bond acceptors (Lipinski definition) is 3. The molecule has 0 atom stereocenters. The molecule has 4 rings (SSSR count). The number of benzene rings is 3. The highest BCUT2D eigenvalue weighted by Crippen LogP contribution is 2.32. The van der Waals surface area contributed by atoms with Crippen molar-refractivity contribution in [1.29, 1.82) is 0 Å². The summed E-state index contributed by atoms with van der Waals surface area (Å²) in [6.07, 6.45) is -4.71. The molecule has 0 bridgehead atoms. The Balaban J connectivity index is 1.55. The molecule has 0 radical (unpaired) electrons. The first-order valence-corrected chi connectivity index (χ1v) is 8.18. The molecule has 27 heavy (non-hydrogen) atoms. The molecule has 0 amide bonds. The number of furan rings is 1. The van der Waals surface area contributed by atoms with E-state index in [1.807, 2.05) is 24.3 Å². The lowest BCUT2D eigenvalue weighted by Gasteiger charge is -2.09. The van der Waals surface area contributed by atoms with E-state index in [0.717, 1.165) is 28.5 Å². The minimum Gasteiger partial charge on any atom is -0.456 e. The normalized spacial score (nSPS) is 11.8. The third-order valence-electron chi connectivity index (χ3n) is 4.18. The number of alkyl halides is 3. The van der Waals surface area contributed by atoms with Crippen LogP contribution >= 0.6 is 0 Å². The van der Waals surface area contributed by atoms with E-state index in [2.05, 4.69) is 0 Å². The van der Waals surface area contributed by atoms with E-state index >= 15 is 0 Å². The van der Waals surface area contributed by atoms with Crippen molar-refractivity contribution in [1.82, 2.24) is 0 Å². The number of hydrogen-bond donors (Lipinski definition) is 0. The lowest BCUT2D eigenvalue weighted by Crippen LogP contribution is -2.12. The number of fused-ring (bicyclic) bond motifs is 3. The molecule has 0 N–H and O–H groups in total. The average Bonchev–Trinajstić information content (AvgIpc) is 2.99. The van der Waals surface area contributed by atoms with E-state index in [4.69, 9.17) is 9.15 Å². The summed E-state index contributed by atoms with van der Waals surface area (Å²) in [7, 11) is 0. The van der Waals surface area contributed by atoms with E-state index in [9.17, 15) is 18.0 Å². The molecule has 0 saturated heterocycles. The summed E-state index contributed by atoms with van der Waals surface area (Å²) in [4.78, 5) is 12.2. The van der Waals surface area contributed by atoms with Crippen LogP contribution < -0.4 is 4.74 Å². The molecule has 1 aromatic heterocycles. The van der Waals surface area contributed by atoms with E-state index in [1.54, 1.807) is 18.2 Å². The lowest BCUT2D eigenvalue weighted by molar-refractivity contribution is -0.138. The Labute approximate surface area is 152 Å². The van der Waals surface area contributed by atoms with E-state index < -0.39 is 17.7 Å². The van der Waals surface area contributed by atoms with Crippen molar-refractivity contribution in [3.63, 3.8) is 0 Å². The molecule has 0 aliphatic heterocycles. The Bertz CT molecular complexity index is 1140. The molecule has 6 heteroatoms. The van der Waals surface area contributed by atoms with Crippen LogP contribution in [0.3, 0.4) is 0 Å². The van der Waals surface area contributed by atoms with E-state index in [0.29, 0.717) is 11.3 Å². The summed E-state index contributed by atoms with van der Waals surface area (Å²) in [5, 5.41) is 1.69. The first-order chi connectivity index (χ1) is 12.9. The zero-order chi connectivity index (χ0) is 19.0. The summed E-state index contributed by atoms with van der Waals surface area (Å²) in [6.45, 7) is 0. The van der Waals surface area contributed by atoms with Gasteiger partial charge in [-0.2, -0.15) is 13.2 Å². The fourth-order valence-electron chi connectivity index (χ4n) is 2.96. The monoisotopic (exact) mass is 370 g/mol. The molecule has 0 unspecified atom stereocenters.